The van der Waals surface area contributed by atoms with E-state index in [1.54, 1.807) is 41.0 Å². The molecular weight excluding hydrogens is 496 g/mol. The second-order valence-corrected chi connectivity index (χ2v) is 9.99. The topological polar surface area (TPSA) is 102 Å². The van der Waals surface area contributed by atoms with Gasteiger partial charge in [0.15, 0.2) is 5.82 Å². The van der Waals surface area contributed by atoms with Crippen molar-refractivity contribution in [3.63, 3.8) is 0 Å². The Kier molecular flexibility index (Phi) is 5.04. The number of aliphatic hydroxyl groups is 1. The number of carbonyl (C=O) groups is 1. The van der Waals surface area contributed by atoms with Gasteiger partial charge in [-0.2, -0.15) is 13.9 Å². The van der Waals surface area contributed by atoms with Crippen LogP contribution in [-0.2, 0) is 10.3 Å². The predicted molar refractivity (Wildman–Crippen MR) is 130 cm³/mol. The molecule has 1 fully saturated rings. The highest BCUT2D eigenvalue weighted by Gasteiger charge is 2.46. The first kappa shape index (κ1) is 23.2. The Balaban J connectivity index is 1.35. The Morgan fingerprint density at radius 1 is 1.18 bits per heavy atom. The molecule has 194 valence electrons. The van der Waals surface area contributed by atoms with Crippen LogP contribution >= 0.6 is 0 Å². The van der Waals surface area contributed by atoms with Crippen LogP contribution in [0, 0.1) is 0 Å². The number of carbonyl (C=O) groups excluding carboxylic acids is 1. The van der Waals surface area contributed by atoms with Crippen molar-refractivity contribution in [1.82, 2.24) is 24.5 Å². The Morgan fingerprint density at radius 3 is 2.74 bits per heavy atom. The number of halogens is 2. The van der Waals surface area contributed by atoms with Crippen LogP contribution in [0.2, 0.25) is 0 Å². The smallest absolute Gasteiger partial charge is 0.387 e. The van der Waals surface area contributed by atoms with Crippen LogP contribution in [0.3, 0.4) is 0 Å². The maximum absolute atomic E-state index is 13.3. The lowest BCUT2D eigenvalue weighted by Crippen LogP contribution is -2.30. The maximum atomic E-state index is 13.3. The number of rotatable bonds is 4. The SMILES string of the molecule is CN1C(=O)c2cccc(OC(F)F)c2[C@H]2C[C@@H]1c1nn3ccc(-c4cnc([C@@]5(O)CCOC5)nc4)cc3c12. The molecule has 1 aromatic carbocycles. The van der Waals surface area contributed by atoms with E-state index in [1.165, 1.54) is 6.07 Å². The molecule has 4 aromatic rings. The predicted octanol–water partition coefficient (Wildman–Crippen LogP) is 3.66. The summed E-state index contributed by atoms with van der Waals surface area (Å²) in [5, 5.41) is 15.5. The van der Waals surface area contributed by atoms with Crippen LogP contribution in [0.25, 0.3) is 16.6 Å². The zero-order chi connectivity index (χ0) is 26.2. The molecule has 3 aliphatic rings. The largest absolute Gasteiger partial charge is 0.434 e. The zero-order valence-corrected chi connectivity index (χ0v) is 20.3. The highest BCUT2D eigenvalue weighted by molar-refractivity contribution is 5.98. The number of aromatic nitrogens is 4. The maximum Gasteiger partial charge on any atom is 0.387 e. The molecule has 2 aliphatic heterocycles. The fourth-order valence-corrected chi connectivity index (χ4v) is 5.99. The average molecular weight is 520 g/mol. The van der Waals surface area contributed by atoms with Gasteiger partial charge in [0.05, 0.1) is 30.5 Å². The third-order valence-electron chi connectivity index (χ3n) is 7.88. The lowest BCUT2D eigenvalue weighted by Gasteiger charge is -2.23. The number of pyridine rings is 1. The van der Waals surface area contributed by atoms with Crippen LogP contribution in [0.1, 0.15) is 57.8 Å². The Hall–Kier alpha value is -3.96. The quantitative estimate of drug-likeness (QED) is 0.439. The number of hydrogen-bond acceptors (Lipinski definition) is 7. The minimum absolute atomic E-state index is 0.00562. The lowest BCUT2D eigenvalue weighted by molar-refractivity contribution is -0.0505. The molecule has 38 heavy (non-hydrogen) atoms. The van der Waals surface area contributed by atoms with Crippen LogP contribution in [-0.4, -0.2) is 62.4 Å². The van der Waals surface area contributed by atoms with Gasteiger partial charge in [-0.15, -0.1) is 0 Å². The van der Waals surface area contributed by atoms with Crippen LogP contribution in [0.4, 0.5) is 8.78 Å². The van der Waals surface area contributed by atoms with Crippen molar-refractivity contribution in [3.05, 3.63) is 77.1 Å². The normalized spacial score (nSPS) is 24.1. The molecule has 1 saturated heterocycles. The number of hydrogen-bond donors (Lipinski definition) is 1. The molecule has 5 heterocycles. The summed E-state index contributed by atoms with van der Waals surface area (Å²) >= 11 is 0. The van der Waals surface area contributed by atoms with Gasteiger partial charge in [0, 0.05) is 60.2 Å². The molecule has 2 bridgehead atoms. The molecule has 0 unspecified atom stereocenters. The standard InChI is InChI=1S/C27H23F2N5O4/c1-33-19-10-17(21-16(24(33)35)3-2-4-20(21)38-26(28)29)22-18-9-14(5-7-34(18)32-23(19)22)15-11-30-25(31-12-15)27(36)6-8-37-13-27/h2-5,7,9,11-12,17,19,26,36H,6,8,10,13H2,1H3/t17-,19-,27-/m1/s1. The van der Waals surface area contributed by atoms with Crippen molar-refractivity contribution in [3.8, 4) is 16.9 Å². The van der Waals surface area contributed by atoms with E-state index in [9.17, 15) is 18.7 Å². The van der Waals surface area contributed by atoms with E-state index in [2.05, 4.69) is 9.97 Å². The van der Waals surface area contributed by atoms with E-state index in [0.717, 1.165) is 27.9 Å². The highest BCUT2D eigenvalue weighted by atomic mass is 19.3. The first-order chi connectivity index (χ1) is 18.3. The fourth-order valence-electron chi connectivity index (χ4n) is 5.99. The molecule has 7 rings (SSSR count). The van der Waals surface area contributed by atoms with Gasteiger partial charge >= 0.3 is 6.61 Å². The van der Waals surface area contributed by atoms with Crippen molar-refractivity contribution >= 4 is 11.4 Å². The minimum Gasteiger partial charge on any atom is -0.434 e. The summed E-state index contributed by atoms with van der Waals surface area (Å²) in [4.78, 5) is 23.7. The number of amides is 1. The van der Waals surface area contributed by atoms with E-state index in [4.69, 9.17) is 14.6 Å². The van der Waals surface area contributed by atoms with E-state index < -0.39 is 12.2 Å². The summed E-state index contributed by atoms with van der Waals surface area (Å²) < 4.78 is 38.6. The Labute approximate surface area is 215 Å². The molecule has 0 saturated carbocycles. The van der Waals surface area contributed by atoms with Gasteiger partial charge in [-0.25, -0.2) is 14.5 Å². The van der Waals surface area contributed by atoms with E-state index >= 15 is 0 Å². The van der Waals surface area contributed by atoms with E-state index in [1.807, 2.05) is 18.3 Å². The summed E-state index contributed by atoms with van der Waals surface area (Å²) in [5.41, 5.74) is 3.66. The minimum atomic E-state index is -3.01. The number of nitrogens with zero attached hydrogens (tertiary/aromatic N) is 5. The third kappa shape index (κ3) is 3.35. The first-order valence-corrected chi connectivity index (χ1v) is 12.3. The number of alkyl halides is 2. The molecule has 9 nitrogen and oxygen atoms in total. The van der Waals surface area contributed by atoms with Gasteiger partial charge < -0.3 is 19.5 Å². The second-order valence-electron chi connectivity index (χ2n) is 9.99. The molecule has 0 spiro atoms. The number of ether oxygens (including phenoxy) is 2. The van der Waals surface area contributed by atoms with Gasteiger partial charge in [-0.1, -0.05) is 6.07 Å². The highest BCUT2D eigenvalue weighted by Crippen LogP contribution is 2.53. The Morgan fingerprint density at radius 2 is 2.00 bits per heavy atom. The van der Waals surface area contributed by atoms with Gasteiger partial charge in [-0.05, 0) is 36.2 Å². The van der Waals surface area contributed by atoms with Crippen LogP contribution in [0.15, 0.2) is 48.9 Å². The fraction of sp³-hybridized carbons (Fsp3) is 0.333. The molecule has 11 heteroatoms. The van der Waals surface area contributed by atoms with Crippen molar-refractivity contribution < 1.29 is 28.2 Å². The van der Waals surface area contributed by atoms with Gasteiger partial charge in [0.1, 0.15) is 11.4 Å². The van der Waals surface area contributed by atoms with Crippen molar-refractivity contribution in [2.75, 3.05) is 20.3 Å². The summed E-state index contributed by atoms with van der Waals surface area (Å²) in [6.45, 7) is -2.39. The van der Waals surface area contributed by atoms with Gasteiger partial charge in [0.2, 0.25) is 0 Å². The molecule has 1 amide bonds. The number of benzene rings is 1. The summed E-state index contributed by atoms with van der Waals surface area (Å²) in [5.74, 6) is -0.268. The van der Waals surface area contributed by atoms with Gasteiger partial charge in [-0.3, -0.25) is 4.79 Å². The summed E-state index contributed by atoms with van der Waals surface area (Å²) in [7, 11) is 1.71. The first-order valence-electron chi connectivity index (χ1n) is 12.3. The monoisotopic (exact) mass is 519 g/mol. The average Bonchev–Trinajstić information content (AvgIpc) is 3.60. The molecule has 0 radical (unpaired) electrons. The van der Waals surface area contributed by atoms with E-state index in [0.29, 0.717) is 36.4 Å². The summed E-state index contributed by atoms with van der Waals surface area (Å²) in [6, 6.07) is 8.26. The molecule has 1 N–H and O–H groups in total. The second kappa shape index (κ2) is 8.27. The van der Waals surface area contributed by atoms with Crippen LogP contribution in [0.5, 0.6) is 5.75 Å². The molecule has 3 aromatic heterocycles. The van der Waals surface area contributed by atoms with Crippen LogP contribution < -0.4 is 4.74 Å². The van der Waals surface area contributed by atoms with Crippen molar-refractivity contribution in [1.29, 1.82) is 0 Å². The molecule has 3 atom stereocenters. The zero-order valence-electron chi connectivity index (χ0n) is 20.3. The summed E-state index contributed by atoms with van der Waals surface area (Å²) in [6.07, 6.45) is 6.13. The van der Waals surface area contributed by atoms with E-state index in [-0.39, 0.29) is 30.2 Å². The molecular formula is C27H23F2N5O4. The van der Waals surface area contributed by atoms with Crippen molar-refractivity contribution in [2.45, 2.75) is 37.0 Å². The third-order valence-corrected chi connectivity index (χ3v) is 7.88. The lowest BCUT2D eigenvalue weighted by atomic mass is 9.88. The molecule has 1 aliphatic carbocycles. The van der Waals surface area contributed by atoms with Crippen molar-refractivity contribution in [2.24, 2.45) is 0 Å². The number of fused-ring (bicyclic) bond motifs is 9. The Bertz CT molecular complexity index is 1580. The van der Waals surface area contributed by atoms with Gasteiger partial charge in [0.25, 0.3) is 5.91 Å².